The molecule has 0 aliphatic rings. The predicted molar refractivity (Wildman–Crippen MR) is 75.6 cm³/mol. The fourth-order valence-corrected chi connectivity index (χ4v) is 1.91. The standard InChI is InChI=1S/C13H15Cl2NO3/c1-3-4-12(17)19-8(2)13(18)16-11-6-9(14)5-10(15)7-11/h5-8H,3-4H2,1-2H3,(H,16,18)/t8-/m1/s1. The quantitative estimate of drug-likeness (QED) is 0.845. The van der Waals surface area contributed by atoms with Crippen molar-refractivity contribution in [3.63, 3.8) is 0 Å². The van der Waals surface area contributed by atoms with Gasteiger partial charge in [0.25, 0.3) is 5.91 Å². The number of nitrogens with one attached hydrogen (secondary N) is 1. The van der Waals surface area contributed by atoms with Crippen LogP contribution < -0.4 is 5.32 Å². The monoisotopic (exact) mass is 303 g/mol. The topological polar surface area (TPSA) is 55.4 Å². The Morgan fingerprint density at radius 1 is 1.26 bits per heavy atom. The van der Waals surface area contributed by atoms with E-state index in [1.807, 2.05) is 6.92 Å². The number of esters is 1. The minimum Gasteiger partial charge on any atom is -0.453 e. The minimum atomic E-state index is -0.864. The van der Waals surface area contributed by atoms with Crippen LogP contribution in [-0.4, -0.2) is 18.0 Å². The lowest BCUT2D eigenvalue weighted by atomic mass is 10.3. The van der Waals surface area contributed by atoms with E-state index in [1.165, 1.54) is 6.92 Å². The van der Waals surface area contributed by atoms with Gasteiger partial charge in [-0.2, -0.15) is 0 Å². The summed E-state index contributed by atoms with van der Waals surface area (Å²) < 4.78 is 4.97. The second-order valence-corrected chi connectivity index (χ2v) is 4.90. The smallest absolute Gasteiger partial charge is 0.306 e. The van der Waals surface area contributed by atoms with Crippen molar-refractivity contribution in [3.05, 3.63) is 28.2 Å². The molecule has 0 unspecified atom stereocenters. The summed E-state index contributed by atoms with van der Waals surface area (Å²) in [5, 5.41) is 3.42. The number of anilines is 1. The molecule has 0 saturated carbocycles. The Kier molecular flexibility index (Phi) is 6.12. The van der Waals surface area contributed by atoms with Crippen LogP contribution in [0.5, 0.6) is 0 Å². The fourth-order valence-electron chi connectivity index (χ4n) is 1.38. The molecule has 1 aromatic rings. The van der Waals surface area contributed by atoms with Crippen LogP contribution in [0.2, 0.25) is 10.0 Å². The van der Waals surface area contributed by atoms with Crippen molar-refractivity contribution >= 4 is 40.8 Å². The average molecular weight is 304 g/mol. The first-order valence-electron chi connectivity index (χ1n) is 5.88. The maximum Gasteiger partial charge on any atom is 0.306 e. The van der Waals surface area contributed by atoms with Gasteiger partial charge in [-0.15, -0.1) is 0 Å². The van der Waals surface area contributed by atoms with Crippen LogP contribution in [-0.2, 0) is 14.3 Å². The number of hydrogen-bond acceptors (Lipinski definition) is 3. The Bertz CT molecular complexity index is 457. The fraction of sp³-hybridized carbons (Fsp3) is 0.385. The van der Waals surface area contributed by atoms with Gasteiger partial charge in [0.1, 0.15) is 0 Å². The Hall–Kier alpha value is -1.26. The normalized spacial score (nSPS) is 11.8. The molecular formula is C13H15Cl2NO3. The van der Waals surface area contributed by atoms with Crippen molar-refractivity contribution < 1.29 is 14.3 Å². The number of ether oxygens (including phenoxy) is 1. The molecule has 1 atom stereocenters. The maximum absolute atomic E-state index is 11.8. The third-order valence-corrected chi connectivity index (χ3v) is 2.70. The van der Waals surface area contributed by atoms with Crippen molar-refractivity contribution in [1.82, 2.24) is 0 Å². The summed E-state index contributed by atoms with van der Waals surface area (Å²) in [6, 6.07) is 4.68. The highest BCUT2D eigenvalue weighted by Gasteiger charge is 2.17. The third kappa shape index (κ3) is 5.49. The van der Waals surface area contributed by atoms with Crippen LogP contribution >= 0.6 is 23.2 Å². The summed E-state index contributed by atoms with van der Waals surface area (Å²) in [6.45, 7) is 3.37. The Balaban J connectivity index is 2.61. The molecule has 0 spiro atoms. The van der Waals surface area contributed by atoms with Crippen LogP contribution in [0.4, 0.5) is 5.69 Å². The highest BCUT2D eigenvalue weighted by Crippen LogP contribution is 2.22. The van der Waals surface area contributed by atoms with E-state index in [1.54, 1.807) is 18.2 Å². The van der Waals surface area contributed by atoms with Gasteiger partial charge in [-0.1, -0.05) is 30.1 Å². The lowest BCUT2D eigenvalue weighted by molar-refractivity contribution is -0.153. The van der Waals surface area contributed by atoms with E-state index in [4.69, 9.17) is 27.9 Å². The molecule has 0 fully saturated rings. The number of carbonyl (C=O) groups is 2. The molecule has 19 heavy (non-hydrogen) atoms. The van der Waals surface area contributed by atoms with Crippen molar-refractivity contribution in [2.75, 3.05) is 5.32 Å². The van der Waals surface area contributed by atoms with Crippen LogP contribution in [0.3, 0.4) is 0 Å². The summed E-state index contributed by atoms with van der Waals surface area (Å²) >= 11 is 11.6. The summed E-state index contributed by atoms with van der Waals surface area (Å²) in [5.41, 5.74) is 0.459. The Morgan fingerprint density at radius 2 is 1.84 bits per heavy atom. The zero-order chi connectivity index (χ0) is 14.4. The molecule has 1 aromatic carbocycles. The maximum atomic E-state index is 11.8. The van der Waals surface area contributed by atoms with Crippen molar-refractivity contribution in [2.24, 2.45) is 0 Å². The van der Waals surface area contributed by atoms with Crippen molar-refractivity contribution in [2.45, 2.75) is 32.8 Å². The molecule has 4 nitrogen and oxygen atoms in total. The van der Waals surface area contributed by atoms with Crippen LogP contribution in [0.25, 0.3) is 0 Å². The molecule has 1 amide bonds. The van der Waals surface area contributed by atoms with Crippen molar-refractivity contribution in [1.29, 1.82) is 0 Å². The second-order valence-electron chi connectivity index (χ2n) is 4.03. The number of hydrogen-bond donors (Lipinski definition) is 1. The van der Waals surface area contributed by atoms with Gasteiger partial charge >= 0.3 is 5.97 Å². The highest BCUT2D eigenvalue weighted by molar-refractivity contribution is 6.35. The molecule has 0 radical (unpaired) electrons. The molecule has 6 heteroatoms. The van der Waals surface area contributed by atoms with Gasteiger partial charge in [-0.25, -0.2) is 0 Å². The third-order valence-electron chi connectivity index (χ3n) is 2.26. The summed E-state index contributed by atoms with van der Waals surface area (Å²) in [7, 11) is 0. The molecule has 1 rings (SSSR count). The molecule has 0 heterocycles. The first-order chi connectivity index (χ1) is 8.92. The van der Waals surface area contributed by atoms with E-state index in [9.17, 15) is 9.59 Å². The molecule has 1 N–H and O–H groups in total. The second kappa shape index (κ2) is 7.36. The SMILES string of the molecule is CCCC(=O)O[C@H](C)C(=O)Nc1cc(Cl)cc(Cl)c1. The van der Waals surface area contributed by atoms with Gasteiger partial charge in [0.15, 0.2) is 6.10 Å². The lowest BCUT2D eigenvalue weighted by Crippen LogP contribution is -2.29. The zero-order valence-corrected chi connectivity index (χ0v) is 12.2. The number of benzene rings is 1. The molecule has 0 aromatic heterocycles. The molecular weight excluding hydrogens is 289 g/mol. The summed E-state index contributed by atoms with van der Waals surface area (Å²) in [4.78, 5) is 23.1. The number of halogens is 2. The van der Waals surface area contributed by atoms with Gasteiger partial charge in [0.2, 0.25) is 0 Å². The van der Waals surface area contributed by atoms with Gasteiger partial charge in [0.05, 0.1) is 0 Å². The van der Waals surface area contributed by atoms with E-state index in [0.29, 0.717) is 28.6 Å². The number of carbonyl (C=O) groups excluding carboxylic acids is 2. The Morgan fingerprint density at radius 3 is 2.37 bits per heavy atom. The average Bonchev–Trinajstić information content (AvgIpc) is 2.27. The molecule has 0 bridgehead atoms. The van der Waals surface area contributed by atoms with Gasteiger partial charge in [0, 0.05) is 22.2 Å². The number of amides is 1. The van der Waals surface area contributed by atoms with Gasteiger partial charge in [-0.3, -0.25) is 9.59 Å². The summed E-state index contributed by atoms with van der Waals surface area (Å²) in [6.07, 6.45) is 0.106. The van der Waals surface area contributed by atoms with E-state index in [2.05, 4.69) is 5.32 Å². The van der Waals surface area contributed by atoms with Crippen LogP contribution in [0.1, 0.15) is 26.7 Å². The lowest BCUT2D eigenvalue weighted by Gasteiger charge is -2.13. The highest BCUT2D eigenvalue weighted by atomic mass is 35.5. The van der Waals surface area contributed by atoms with Gasteiger partial charge in [-0.05, 0) is 31.5 Å². The van der Waals surface area contributed by atoms with Gasteiger partial charge < -0.3 is 10.1 Å². The molecule has 104 valence electrons. The van der Waals surface area contributed by atoms with E-state index in [0.717, 1.165) is 0 Å². The number of rotatable bonds is 5. The summed E-state index contributed by atoms with van der Waals surface area (Å²) in [5.74, 6) is -0.822. The van der Waals surface area contributed by atoms with E-state index in [-0.39, 0.29) is 0 Å². The predicted octanol–water partition coefficient (Wildman–Crippen LogP) is 3.66. The van der Waals surface area contributed by atoms with E-state index < -0.39 is 18.0 Å². The largest absolute Gasteiger partial charge is 0.453 e. The zero-order valence-electron chi connectivity index (χ0n) is 10.7. The molecule has 0 aliphatic carbocycles. The first kappa shape index (κ1) is 15.8. The molecule has 0 saturated heterocycles. The van der Waals surface area contributed by atoms with Crippen LogP contribution in [0, 0.1) is 0 Å². The minimum absolute atomic E-state index is 0.292. The van der Waals surface area contributed by atoms with Crippen LogP contribution in [0.15, 0.2) is 18.2 Å². The first-order valence-corrected chi connectivity index (χ1v) is 6.64. The van der Waals surface area contributed by atoms with Crippen molar-refractivity contribution in [3.8, 4) is 0 Å². The molecule has 0 aliphatic heterocycles. The van der Waals surface area contributed by atoms with E-state index >= 15 is 0 Å². The Labute approximate surface area is 122 Å².